The third-order valence-corrected chi connectivity index (χ3v) is 3.30. The molecule has 1 atom stereocenters. The molecule has 0 radical (unpaired) electrons. The van der Waals surface area contributed by atoms with Crippen LogP contribution in [0.25, 0.3) is 0 Å². The molecule has 0 aliphatic heterocycles. The molecule has 2 rings (SSSR count). The van der Waals surface area contributed by atoms with Crippen molar-refractivity contribution in [2.45, 2.75) is 25.8 Å². The summed E-state index contributed by atoms with van der Waals surface area (Å²) >= 11 is 0. The van der Waals surface area contributed by atoms with E-state index in [0.29, 0.717) is 12.0 Å². The first-order chi connectivity index (χ1) is 9.69. The minimum atomic E-state index is -0.514. The first-order valence-electron chi connectivity index (χ1n) is 6.92. The van der Waals surface area contributed by atoms with Crippen LogP contribution < -0.4 is 5.32 Å². The van der Waals surface area contributed by atoms with Gasteiger partial charge in [0.15, 0.2) is 0 Å². The van der Waals surface area contributed by atoms with Crippen LogP contribution in [0.5, 0.6) is 0 Å². The minimum absolute atomic E-state index is 0.201. The molecule has 0 saturated carbocycles. The van der Waals surface area contributed by atoms with Gasteiger partial charge in [-0.3, -0.25) is 0 Å². The van der Waals surface area contributed by atoms with Gasteiger partial charge in [0.05, 0.1) is 0 Å². The van der Waals surface area contributed by atoms with Gasteiger partial charge in [0, 0.05) is 12.1 Å². The summed E-state index contributed by atoms with van der Waals surface area (Å²) < 4.78 is 26.3. The summed E-state index contributed by atoms with van der Waals surface area (Å²) in [7, 11) is 0. The standard InChI is InChI=1S/C17H19F2N/c1-2-20-17(14-6-4-3-5-7-14)9-8-13-10-15(18)12-16(19)11-13/h3-7,10-12,17,20H,2,8-9H2,1H3. The zero-order chi connectivity index (χ0) is 14.4. The molecule has 0 amide bonds. The fraction of sp³-hybridized carbons (Fsp3) is 0.294. The van der Waals surface area contributed by atoms with Gasteiger partial charge in [0.2, 0.25) is 0 Å². The van der Waals surface area contributed by atoms with Crippen molar-refractivity contribution in [2.75, 3.05) is 6.54 Å². The van der Waals surface area contributed by atoms with Crippen LogP contribution in [-0.2, 0) is 6.42 Å². The normalized spacial score (nSPS) is 12.3. The van der Waals surface area contributed by atoms with E-state index in [4.69, 9.17) is 0 Å². The molecular formula is C17H19F2N. The van der Waals surface area contributed by atoms with Gasteiger partial charge < -0.3 is 5.32 Å². The molecule has 0 aliphatic carbocycles. The maximum absolute atomic E-state index is 13.2. The second-order valence-electron chi connectivity index (χ2n) is 4.84. The van der Waals surface area contributed by atoms with E-state index < -0.39 is 11.6 Å². The fourth-order valence-corrected chi connectivity index (χ4v) is 2.38. The monoisotopic (exact) mass is 275 g/mol. The van der Waals surface area contributed by atoms with Gasteiger partial charge in [-0.2, -0.15) is 0 Å². The molecule has 0 fully saturated rings. The number of rotatable bonds is 6. The molecule has 0 aromatic heterocycles. The second-order valence-corrected chi connectivity index (χ2v) is 4.84. The molecule has 20 heavy (non-hydrogen) atoms. The zero-order valence-corrected chi connectivity index (χ0v) is 11.6. The van der Waals surface area contributed by atoms with E-state index in [1.54, 1.807) is 0 Å². The summed E-state index contributed by atoms with van der Waals surface area (Å²) in [5.41, 5.74) is 1.90. The van der Waals surface area contributed by atoms with Crippen molar-refractivity contribution in [2.24, 2.45) is 0 Å². The van der Waals surface area contributed by atoms with Crippen LogP contribution in [0, 0.1) is 11.6 Å². The Morgan fingerprint density at radius 2 is 1.65 bits per heavy atom. The lowest BCUT2D eigenvalue weighted by atomic mass is 9.99. The van der Waals surface area contributed by atoms with E-state index in [1.165, 1.54) is 17.7 Å². The lowest BCUT2D eigenvalue weighted by molar-refractivity contribution is 0.512. The molecule has 2 aromatic rings. The third kappa shape index (κ3) is 4.14. The SMILES string of the molecule is CCNC(CCc1cc(F)cc(F)c1)c1ccccc1. The molecule has 1 N–H and O–H groups in total. The van der Waals surface area contributed by atoms with Crippen LogP contribution in [-0.4, -0.2) is 6.54 Å². The number of benzene rings is 2. The Kier molecular flexibility index (Phi) is 5.24. The summed E-state index contributed by atoms with van der Waals surface area (Å²) in [5.74, 6) is -1.03. The average molecular weight is 275 g/mol. The third-order valence-electron chi connectivity index (χ3n) is 3.30. The van der Waals surface area contributed by atoms with Crippen LogP contribution >= 0.6 is 0 Å². The zero-order valence-electron chi connectivity index (χ0n) is 11.6. The Bertz CT molecular complexity index is 520. The molecule has 106 valence electrons. The number of hydrogen-bond acceptors (Lipinski definition) is 1. The summed E-state index contributed by atoms with van der Waals surface area (Å²) in [6.07, 6.45) is 1.45. The van der Waals surface area contributed by atoms with Gasteiger partial charge in [0.1, 0.15) is 11.6 Å². The van der Waals surface area contributed by atoms with E-state index in [-0.39, 0.29) is 6.04 Å². The molecular weight excluding hydrogens is 256 g/mol. The predicted octanol–water partition coefficient (Wildman–Crippen LogP) is 4.25. The van der Waals surface area contributed by atoms with E-state index >= 15 is 0 Å². The van der Waals surface area contributed by atoms with Gasteiger partial charge in [-0.25, -0.2) is 8.78 Å². The van der Waals surface area contributed by atoms with Crippen molar-refractivity contribution in [1.29, 1.82) is 0 Å². The number of hydrogen-bond donors (Lipinski definition) is 1. The Hall–Kier alpha value is -1.74. The first kappa shape index (κ1) is 14.7. The summed E-state index contributed by atoms with van der Waals surface area (Å²) in [6, 6.07) is 14.0. The lowest BCUT2D eigenvalue weighted by Gasteiger charge is -2.18. The number of aryl methyl sites for hydroxylation is 1. The highest BCUT2D eigenvalue weighted by Crippen LogP contribution is 2.20. The van der Waals surface area contributed by atoms with Crippen LogP contribution in [0.3, 0.4) is 0 Å². The Morgan fingerprint density at radius 3 is 2.25 bits per heavy atom. The summed E-state index contributed by atoms with van der Waals surface area (Å²) in [5, 5.41) is 3.41. The second kappa shape index (κ2) is 7.15. The van der Waals surface area contributed by atoms with Crippen molar-refractivity contribution in [3.63, 3.8) is 0 Å². The van der Waals surface area contributed by atoms with Gasteiger partial charge in [-0.05, 0) is 42.6 Å². The molecule has 0 spiro atoms. The molecule has 0 saturated heterocycles. The van der Waals surface area contributed by atoms with Gasteiger partial charge in [-0.15, -0.1) is 0 Å². The van der Waals surface area contributed by atoms with Crippen LogP contribution in [0.15, 0.2) is 48.5 Å². The largest absolute Gasteiger partial charge is 0.310 e. The quantitative estimate of drug-likeness (QED) is 0.831. The van der Waals surface area contributed by atoms with E-state index in [2.05, 4.69) is 24.4 Å². The maximum Gasteiger partial charge on any atom is 0.126 e. The van der Waals surface area contributed by atoms with Crippen LogP contribution in [0.2, 0.25) is 0 Å². The average Bonchev–Trinajstić information content (AvgIpc) is 2.43. The number of nitrogens with one attached hydrogen (secondary N) is 1. The fourth-order valence-electron chi connectivity index (χ4n) is 2.38. The van der Waals surface area contributed by atoms with E-state index in [0.717, 1.165) is 19.0 Å². The minimum Gasteiger partial charge on any atom is -0.310 e. The van der Waals surface area contributed by atoms with Crippen LogP contribution in [0.1, 0.15) is 30.5 Å². The van der Waals surface area contributed by atoms with Crippen molar-refractivity contribution in [1.82, 2.24) is 5.32 Å². The lowest BCUT2D eigenvalue weighted by Crippen LogP contribution is -2.21. The molecule has 2 aromatic carbocycles. The van der Waals surface area contributed by atoms with Gasteiger partial charge in [-0.1, -0.05) is 37.3 Å². The molecule has 3 heteroatoms. The number of halogens is 2. The van der Waals surface area contributed by atoms with Crippen LogP contribution in [0.4, 0.5) is 8.78 Å². The van der Waals surface area contributed by atoms with Crippen molar-refractivity contribution in [3.8, 4) is 0 Å². The summed E-state index contributed by atoms with van der Waals surface area (Å²) in [4.78, 5) is 0. The maximum atomic E-state index is 13.2. The van der Waals surface area contributed by atoms with Gasteiger partial charge >= 0.3 is 0 Å². The Morgan fingerprint density at radius 1 is 1.00 bits per heavy atom. The first-order valence-corrected chi connectivity index (χ1v) is 6.92. The molecule has 0 bridgehead atoms. The van der Waals surface area contributed by atoms with E-state index in [1.807, 2.05) is 18.2 Å². The highest BCUT2D eigenvalue weighted by atomic mass is 19.1. The Balaban J connectivity index is 2.05. The molecule has 0 aliphatic rings. The summed E-state index contributed by atoms with van der Waals surface area (Å²) in [6.45, 7) is 2.91. The van der Waals surface area contributed by atoms with Crippen molar-refractivity contribution >= 4 is 0 Å². The molecule has 1 unspecified atom stereocenters. The van der Waals surface area contributed by atoms with E-state index in [9.17, 15) is 8.78 Å². The highest BCUT2D eigenvalue weighted by Gasteiger charge is 2.10. The molecule has 0 heterocycles. The predicted molar refractivity (Wildman–Crippen MR) is 77.5 cm³/mol. The highest BCUT2D eigenvalue weighted by molar-refractivity contribution is 5.21. The van der Waals surface area contributed by atoms with Crippen molar-refractivity contribution in [3.05, 3.63) is 71.3 Å². The topological polar surface area (TPSA) is 12.0 Å². The molecule has 1 nitrogen and oxygen atoms in total. The Labute approximate surface area is 118 Å². The van der Waals surface area contributed by atoms with Gasteiger partial charge in [0.25, 0.3) is 0 Å². The smallest absolute Gasteiger partial charge is 0.126 e. The van der Waals surface area contributed by atoms with Crippen molar-refractivity contribution < 1.29 is 8.78 Å².